The van der Waals surface area contributed by atoms with Crippen molar-refractivity contribution < 1.29 is 8.78 Å². The van der Waals surface area contributed by atoms with Gasteiger partial charge in [0.05, 0.1) is 0 Å². The van der Waals surface area contributed by atoms with Crippen LogP contribution in [0, 0.1) is 34.5 Å². The zero-order chi connectivity index (χ0) is 16.4. The van der Waals surface area contributed by atoms with Gasteiger partial charge >= 0.3 is 0 Å². The van der Waals surface area contributed by atoms with E-state index in [1.54, 1.807) is 0 Å². The van der Waals surface area contributed by atoms with Crippen LogP contribution >= 0.6 is 0 Å². The van der Waals surface area contributed by atoms with E-state index in [4.69, 9.17) is 0 Å². The lowest BCUT2D eigenvalue weighted by Gasteiger charge is -2.61. The van der Waals surface area contributed by atoms with Crippen LogP contribution in [0.5, 0.6) is 0 Å². The second-order valence-corrected chi connectivity index (χ2v) is 9.60. The quantitative estimate of drug-likeness (QED) is 0.462. The fraction of sp³-hybridized carbons (Fsp3) is 0.905. The van der Waals surface area contributed by atoms with Gasteiger partial charge in [0.1, 0.15) is 12.3 Å². The molecule has 0 aromatic rings. The molecule has 4 aliphatic rings. The topological polar surface area (TPSA) is 0 Å². The van der Waals surface area contributed by atoms with E-state index in [0.29, 0.717) is 24.2 Å². The number of halogens is 2. The van der Waals surface area contributed by atoms with Crippen molar-refractivity contribution in [1.82, 2.24) is 0 Å². The van der Waals surface area contributed by atoms with Gasteiger partial charge < -0.3 is 0 Å². The molecule has 0 N–H and O–H groups in total. The van der Waals surface area contributed by atoms with Gasteiger partial charge in [-0.1, -0.05) is 32.4 Å². The highest BCUT2D eigenvalue weighted by molar-refractivity contribution is 5.25. The monoisotopic (exact) mass is 322 g/mol. The fourth-order valence-electron chi connectivity index (χ4n) is 7.09. The van der Waals surface area contributed by atoms with Gasteiger partial charge in [0.25, 0.3) is 0 Å². The molecule has 0 amide bonds. The Bertz CT molecular complexity index is 512. The minimum atomic E-state index is -0.637. The molecule has 3 fully saturated rings. The molecule has 130 valence electrons. The molecule has 3 saturated carbocycles. The van der Waals surface area contributed by atoms with Gasteiger partial charge in [-0.05, 0) is 74.0 Å². The lowest BCUT2D eigenvalue weighted by atomic mass is 9.44. The van der Waals surface area contributed by atoms with Crippen LogP contribution in [0.3, 0.4) is 0 Å². The summed E-state index contributed by atoms with van der Waals surface area (Å²) in [5.74, 6) is 2.04. The smallest absolute Gasteiger partial charge is 0.108 e. The minimum absolute atomic E-state index is 0.113. The van der Waals surface area contributed by atoms with Gasteiger partial charge in [-0.15, -0.1) is 0 Å². The van der Waals surface area contributed by atoms with Crippen LogP contribution < -0.4 is 0 Å². The SMILES string of the molecule is CC1CCC2C3CC=C4CC(F)CCC4(C)C3CCC2(C)C1F. The second kappa shape index (κ2) is 5.30. The predicted molar refractivity (Wildman–Crippen MR) is 90.7 cm³/mol. The minimum Gasteiger partial charge on any atom is -0.247 e. The Morgan fingerprint density at radius 1 is 1.00 bits per heavy atom. The molecule has 0 aliphatic heterocycles. The van der Waals surface area contributed by atoms with Gasteiger partial charge in [-0.2, -0.15) is 0 Å². The van der Waals surface area contributed by atoms with Crippen LogP contribution in [0.4, 0.5) is 8.78 Å². The van der Waals surface area contributed by atoms with Crippen molar-refractivity contribution in [2.24, 2.45) is 34.5 Å². The van der Waals surface area contributed by atoms with E-state index in [1.807, 2.05) is 0 Å². The highest BCUT2D eigenvalue weighted by atomic mass is 19.1. The van der Waals surface area contributed by atoms with Crippen LogP contribution in [-0.2, 0) is 0 Å². The molecule has 0 saturated heterocycles. The van der Waals surface area contributed by atoms with Crippen LogP contribution in [0.15, 0.2) is 11.6 Å². The summed E-state index contributed by atoms with van der Waals surface area (Å²) in [5, 5.41) is 0. The average Bonchev–Trinajstić information content (AvgIpc) is 2.52. The van der Waals surface area contributed by atoms with Gasteiger partial charge in [-0.25, -0.2) is 8.78 Å². The summed E-state index contributed by atoms with van der Waals surface area (Å²) < 4.78 is 29.0. The molecule has 4 rings (SSSR count). The summed E-state index contributed by atoms with van der Waals surface area (Å²) in [7, 11) is 0. The average molecular weight is 322 g/mol. The first kappa shape index (κ1) is 16.1. The maximum atomic E-state index is 15.1. The molecule has 0 radical (unpaired) electrons. The lowest BCUT2D eigenvalue weighted by Crippen LogP contribution is -2.55. The van der Waals surface area contributed by atoms with E-state index < -0.39 is 12.3 Å². The van der Waals surface area contributed by atoms with Gasteiger partial charge in [0, 0.05) is 11.8 Å². The van der Waals surface area contributed by atoms with E-state index in [2.05, 4.69) is 26.8 Å². The third kappa shape index (κ3) is 2.19. The van der Waals surface area contributed by atoms with Crippen molar-refractivity contribution in [3.63, 3.8) is 0 Å². The molecule has 0 spiro atoms. The van der Waals surface area contributed by atoms with Crippen LogP contribution in [0.25, 0.3) is 0 Å². The molecule has 0 aromatic carbocycles. The standard InChI is InChI=1S/C21H32F2/c1-13-4-7-17-16-6-5-14-12-15(22)8-10-20(14,2)18(16)9-11-21(17,3)19(13)23/h5,13,15-19H,4,6-12H2,1-3H3. The third-order valence-electron chi connectivity index (χ3n) is 8.54. The van der Waals surface area contributed by atoms with E-state index in [-0.39, 0.29) is 16.7 Å². The van der Waals surface area contributed by atoms with Crippen LogP contribution in [-0.4, -0.2) is 12.3 Å². The van der Waals surface area contributed by atoms with E-state index in [1.165, 1.54) is 12.0 Å². The van der Waals surface area contributed by atoms with Gasteiger partial charge in [-0.3, -0.25) is 0 Å². The molecule has 23 heavy (non-hydrogen) atoms. The Balaban J connectivity index is 1.66. The van der Waals surface area contributed by atoms with Crippen molar-refractivity contribution >= 4 is 0 Å². The summed E-state index contributed by atoms with van der Waals surface area (Å²) in [6.45, 7) is 6.72. The largest absolute Gasteiger partial charge is 0.247 e. The summed E-state index contributed by atoms with van der Waals surface area (Å²) in [5.41, 5.74) is 1.47. The summed E-state index contributed by atoms with van der Waals surface area (Å²) >= 11 is 0. The van der Waals surface area contributed by atoms with Crippen LogP contribution in [0.1, 0.15) is 72.1 Å². The first-order valence-corrected chi connectivity index (χ1v) is 9.84. The molecule has 0 bridgehead atoms. The van der Waals surface area contributed by atoms with Crippen molar-refractivity contribution in [3.05, 3.63) is 11.6 Å². The lowest BCUT2D eigenvalue weighted by molar-refractivity contribution is -0.118. The van der Waals surface area contributed by atoms with E-state index in [9.17, 15) is 4.39 Å². The van der Waals surface area contributed by atoms with Crippen molar-refractivity contribution in [2.45, 2.75) is 84.5 Å². The third-order valence-corrected chi connectivity index (χ3v) is 8.54. The second-order valence-electron chi connectivity index (χ2n) is 9.60. The molecule has 0 aromatic heterocycles. The molecule has 4 aliphatic carbocycles. The number of alkyl halides is 2. The number of allylic oxidation sites excluding steroid dienone is 2. The molecular weight excluding hydrogens is 290 g/mol. The first-order valence-electron chi connectivity index (χ1n) is 9.84. The zero-order valence-corrected chi connectivity index (χ0v) is 15.0. The van der Waals surface area contributed by atoms with E-state index in [0.717, 1.165) is 38.5 Å². The molecule has 0 nitrogen and oxygen atoms in total. The van der Waals surface area contributed by atoms with Crippen molar-refractivity contribution in [2.75, 3.05) is 0 Å². The molecule has 2 heteroatoms. The predicted octanol–water partition coefficient (Wildman–Crippen LogP) is 6.26. The highest BCUT2D eigenvalue weighted by Gasteiger charge is 2.58. The zero-order valence-electron chi connectivity index (χ0n) is 15.0. The highest BCUT2D eigenvalue weighted by Crippen LogP contribution is 2.64. The Morgan fingerprint density at radius 3 is 2.57 bits per heavy atom. The number of hydrogen-bond donors (Lipinski definition) is 0. The number of fused-ring (bicyclic) bond motifs is 5. The Morgan fingerprint density at radius 2 is 1.78 bits per heavy atom. The maximum absolute atomic E-state index is 15.1. The molecule has 8 unspecified atom stereocenters. The fourth-order valence-corrected chi connectivity index (χ4v) is 7.09. The van der Waals surface area contributed by atoms with Crippen molar-refractivity contribution in [3.8, 4) is 0 Å². The Kier molecular flexibility index (Phi) is 3.71. The van der Waals surface area contributed by atoms with E-state index >= 15 is 4.39 Å². The Labute approximate surface area is 140 Å². The maximum Gasteiger partial charge on any atom is 0.108 e. The van der Waals surface area contributed by atoms with Crippen molar-refractivity contribution in [1.29, 1.82) is 0 Å². The molecular formula is C21H32F2. The summed E-state index contributed by atoms with van der Waals surface area (Å²) in [4.78, 5) is 0. The summed E-state index contributed by atoms with van der Waals surface area (Å²) in [6.07, 6.45) is 8.98. The van der Waals surface area contributed by atoms with Gasteiger partial charge in [0.15, 0.2) is 0 Å². The van der Waals surface area contributed by atoms with Gasteiger partial charge in [0.2, 0.25) is 0 Å². The van der Waals surface area contributed by atoms with Crippen LogP contribution in [0.2, 0.25) is 0 Å². The molecule has 8 atom stereocenters. The number of rotatable bonds is 0. The Hall–Kier alpha value is -0.400. The first-order chi connectivity index (χ1) is 10.9. The molecule has 0 heterocycles. The summed E-state index contributed by atoms with van der Waals surface area (Å²) in [6, 6.07) is 0. The number of hydrogen-bond acceptors (Lipinski definition) is 0. The normalized spacial score (nSPS) is 56.1.